The quantitative estimate of drug-likeness (QED) is 0.662. The van der Waals surface area contributed by atoms with Crippen molar-refractivity contribution in [2.24, 2.45) is 0 Å². The molecule has 4 nitrogen and oxygen atoms in total. The standard InChI is InChI=1S/C18H17BrN4S/c19-16-8-4-3-7-15(16)17-20-18(24)23(21-17)12-22-10-9-13-5-1-2-6-14(13)11-22/h1-8H,9-12H2,(H,20,21,24). The number of hydrogen-bond donors (Lipinski definition) is 1. The number of hydrogen-bond acceptors (Lipinski definition) is 3. The summed E-state index contributed by atoms with van der Waals surface area (Å²) in [6, 6.07) is 16.7. The van der Waals surface area contributed by atoms with Crippen LogP contribution in [0.4, 0.5) is 0 Å². The molecule has 0 fully saturated rings. The summed E-state index contributed by atoms with van der Waals surface area (Å²) in [7, 11) is 0. The first-order valence-electron chi connectivity index (χ1n) is 7.91. The number of aromatic nitrogens is 3. The van der Waals surface area contributed by atoms with E-state index in [-0.39, 0.29) is 0 Å². The van der Waals surface area contributed by atoms with Crippen molar-refractivity contribution in [1.29, 1.82) is 0 Å². The van der Waals surface area contributed by atoms with Crippen LogP contribution < -0.4 is 0 Å². The molecule has 0 atom stereocenters. The first kappa shape index (κ1) is 15.7. The van der Waals surface area contributed by atoms with E-state index in [1.165, 1.54) is 11.1 Å². The van der Waals surface area contributed by atoms with Gasteiger partial charge in [-0.25, -0.2) is 4.68 Å². The van der Waals surface area contributed by atoms with Crippen molar-refractivity contribution < 1.29 is 0 Å². The van der Waals surface area contributed by atoms with Gasteiger partial charge in [0.2, 0.25) is 4.77 Å². The summed E-state index contributed by atoms with van der Waals surface area (Å²) < 4.78 is 3.53. The molecule has 1 aromatic heterocycles. The lowest BCUT2D eigenvalue weighted by Crippen LogP contribution is -2.32. The van der Waals surface area contributed by atoms with Crippen molar-refractivity contribution in [2.75, 3.05) is 6.54 Å². The van der Waals surface area contributed by atoms with Gasteiger partial charge < -0.3 is 0 Å². The molecule has 0 saturated carbocycles. The van der Waals surface area contributed by atoms with Crippen LogP contribution in [-0.2, 0) is 19.6 Å². The molecule has 1 aliphatic heterocycles. The number of nitrogens with one attached hydrogen (secondary N) is 1. The number of halogens is 1. The number of benzene rings is 2. The molecule has 24 heavy (non-hydrogen) atoms. The van der Waals surface area contributed by atoms with E-state index in [1.54, 1.807) is 0 Å². The van der Waals surface area contributed by atoms with Gasteiger partial charge in [-0.3, -0.25) is 10.00 Å². The van der Waals surface area contributed by atoms with Crippen molar-refractivity contribution >= 4 is 28.1 Å². The molecule has 1 aliphatic rings. The fourth-order valence-corrected chi connectivity index (χ4v) is 3.77. The van der Waals surface area contributed by atoms with Crippen molar-refractivity contribution in [3.63, 3.8) is 0 Å². The molecule has 122 valence electrons. The SMILES string of the molecule is S=c1nc(-c2ccccc2Br)[nH]n1CN1CCc2ccccc2C1. The van der Waals surface area contributed by atoms with Crippen LogP contribution in [0.2, 0.25) is 0 Å². The minimum absolute atomic E-state index is 0.583. The zero-order valence-corrected chi connectivity index (χ0v) is 15.5. The van der Waals surface area contributed by atoms with Crippen molar-refractivity contribution in [1.82, 2.24) is 19.7 Å². The molecule has 4 rings (SSSR count). The first-order chi connectivity index (χ1) is 11.7. The van der Waals surface area contributed by atoms with E-state index in [0.717, 1.165) is 42.0 Å². The number of rotatable bonds is 3. The van der Waals surface area contributed by atoms with Gasteiger partial charge in [0.1, 0.15) is 0 Å². The average Bonchev–Trinajstić information content (AvgIpc) is 2.96. The van der Waals surface area contributed by atoms with Crippen LogP contribution >= 0.6 is 28.1 Å². The van der Waals surface area contributed by atoms with E-state index >= 15 is 0 Å². The topological polar surface area (TPSA) is 36.9 Å². The molecule has 0 bridgehead atoms. The molecule has 3 aromatic rings. The molecule has 0 radical (unpaired) electrons. The van der Waals surface area contributed by atoms with Gasteiger partial charge in [0.15, 0.2) is 5.82 Å². The highest BCUT2D eigenvalue weighted by atomic mass is 79.9. The van der Waals surface area contributed by atoms with Gasteiger partial charge in [0.25, 0.3) is 0 Å². The highest BCUT2D eigenvalue weighted by molar-refractivity contribution is 9.10. The highest BCUT2D eigenvalue weighted by Gasteiger charge is 2.17. The molecule has 0 unspecified atom stereocenters. The van der Waals surface area contributed by atoms with Crippen LogP contribution in [0, 0.1) is 4.77 Å². The number of fused-ring (bicyclic) bond motifs is 1. The lowest BCUT2D eigenvalue weighted by Gasteiger charge is -2.28. The van der Waals surface area contributed by atoms with E-state index in [9.17, 15) is 0 Å². The minimum Gasteiger partial charge on any atom is -0.280 e. The third kappa shape index (κ3) is 3.09. The van der Waals surface area contributed by atoms with Gasteiger partial charge in [-0.2, -0.15) is 4.98 Å². The van der Waals surface area contributed by atoms with E-state index in [2.05, 4.69) is 55.2 Å². The molecule has 2 heterocycles. The maximum atomic E-state index is 5.44. The summed E-state index contributed by atoms with van der Waals surface area (Å²) in [5.74, 6) is 0.796. The Morgan fingerprint density at radius 3 is 2.67 bits per heavy atom. The van der Waals surface area contributed by atoms with Crippen LogP contribution in [0.1, 0.15) is 11.1 Å². The second-order valence-corrected chi connectivity index (χ2v) is 7.19. The van der Waals surface area contributed by atoms with E-state index < -0.39 is 0 Å². The molecule has 0 spiro atoms. The fraction of sp³-hybridized carbons (Fsp3) is 0.222. The van der Waals surface area contributed by atoms with Crippen LogP contribution in [0.5, 0.6) is 0 Å². The van der Waals surface area contributed by atoms with Crippen LogP contribution in [-0.4, -0.2) is 26.2 Å². The van der Waals surface area contributed by atoms with Crippen LogP contribution in [0.25, 0.3) is 11.4 Å². The van der Waals surface area contributed by atoms with Gasteiger partial charge >= 0.3 is 0 Å². The summed E-state index contributed by atoms with van der Waals surface area (Å²) in [5.41, 5.74) is 3.88. The maximum Gasteiger partial charge on any atom is 0.217 e. The monoisotopic (exact) mass is 400 g/mol. The minimum atomic E-state index is 0.583. The van der Waals surface area contributed by atoms with Crippen molar-refractivity contribution in [3.8, 4) is 11.4 Å². The van der Waals surface area contributed by atoms with Gasteiger partial charge in [-0.15, -0.1) is 0 Å². The van der Waals surface area contributed by atoms with Crippen LogP contribution in [0.15, 0.2) is 53.0 Å². The Kier molecular flexibility index (Phi) is 4.35. The van der Waals surface area contributed by atoms with E-state index in [4.69, 9.17) is 12.2 Å². The third-order valence-corrected chi connectivity index (χ3v) is 5.36. The Balaban J connectivity index is 1.56. The lowest BCUT2D eigenvalue weighted by atomic mass is 10.0. The van der Waals surface area contributed by atoms with Crippen LogP contribution in [0.3, 0.4) is 0 Å². The summed E-state index contributed by atoms with van der Waals surface area (Å²) in [6.45, 7) is 2.70. The summed E-state index contributed by atoms with van der Waals surface area (Å²) in [6.07, 6.45) is 1.08. The molecule has 0 amide bonds. The number of H-pyrrole nitrogens is 1. The molecule has 0 aliphatic carbocycles. The second-order valence-electron chi connectivity index (χ2n) is 5.98. The fourth-order valence-electron chi connectivity index (χ4n) is 3.10. The van der Waals surface area contributed by atoms with Gasteiger partial charge in [-0.05, 0) is 35.8 Å². The summed E-state index contributed by atoms with van der Waals surface area (Å²) in [5, 5.41) is 3.34. The Bertz CT molecular complexity index is 931. The molecule has 0 saturated heterocycles. The number of nitrogens with zero attached hydrogens (tertiary/aromatic N) is 3. The van der Waals surface area contributed by atoms with E-state index in [0.29, 0.717) is 4.77 Å². The predicted molar refractivity (Wildman–Crippen MR) is 101 cm³/mol. The van der Waals surface area contributed by atoms with Gasteiger partial charge in [-0.1, -0.05) is 58.4 Å². The van der Waals surface area contributed by atoms with Crippen molar-refractivity contribution in [2.45, 2.75) is 19.6 Å². The maximum absolute atomic E-state index is 5.44. The highest BCUT2D eigenvalue weighted by Crippen LogP contribution is 2.25. The summed E-state index contributed by atoms with van der Waals surface area (Å²) >= 11 is 9.01. The van der Waals surface area contributed by atoms with Crippen molar-refractivity contribution in [3.05, 3.63) is 68.9 Å². The molecule has 2 aromatic carbocycles. The molecule has 1 N–H and O–H groups in total. The zero-order valence-electron chi connectivity index (χ0n) is 13.1. The Morgan fingerprint density at radius 1 is 1.08 bits per heavy atom. The number of aromatic amines is 1. The van der Waals surface area contributed by atoms with E-state index in [1.807, 2.05) is 28.9 Å². The first-order valence-corrected chi connectivity index (χ1v) is 9.12. The smallest absolute Gasteiger partial charge is 0.217 e. The Morgan fingerprint density at radius 2 is 1.83 bits per heavy atom. The third-order valence-electron chi connectivity index (χ3n) is 4.36. The molecule has 6 heteroatoms. The molecular formula is C18H17BrN4S. The van der Waals surface area contributed by atoms with Gasteiger partial charge in [0, 0.05) is 23.1 Å². The van der Waals surface area contributed by atoms with Gasteiger partial charge in [0.05, 0.1) is 6.67 Å². The second kappa shape index (κ2) is 6.63. The molecular weight excluding hydrogens is 384 g/mol. The average molecular weight is 401 g/mol. The Hall–Kier alpha value is -1.76. The predicted octanol–water partition coefficient (Wildman–Crippen LogP) is 4.39. The summed E-state index contributed by atoms with van der Waals surface area (Å²) in [4.78, 5) is 6.91. The largest absolute Gasteiger partial charge is 0.280 e. The zero-order chi connectivity index (χ0) is 16.5. The normalized spacial score (nSPS) is 14.5. The lowest BCUT2D eigenvalue weighted by molar-refractivity contribution is 0.188. The Labute approximate surface area is 154 Å².